The van der Waals surface area contributed by atoms with Crippen LogP contribution in [0.5, 0.6) is 0 Å². The predicted octanol–water partition coefficient (Wildman–Crippen LogP) is 1.70. The zero-order valence-corrected chi connectivity index (χ0v) is 12.9. The summed E-state index contributed by atoms with van der Waals surface area (Å²) in [7, 11) is 0. The molecule has 1 aliphatic heterocycles. The van der Waals surface area contributed by atoms with Crippen LogP contribution in [0, 0.1) is 0 Å². The maximum Gasteiger partial charge on any atom is 0.410 e. The highest BCUT2D eigenvalue weighted by atomic mass is 16.6. The molecule has 1 fully saturated rings. The summed E-state index contributed by atoms with van der Waals surface area (Å²) < 4.78 is 5.27. The standard InChI is InChI=1S/C14H28N2O3/c1-6-15(7-2)9-8-14(18)10-16(11-14)12(17)19-13(3,4)5/h18H,6-11H2,1-5H3. The zero-order valence-electron chi connectivity index (χ0n) is 12.9. The molecule has 1 saturated heterocycles. The van der Waals surface area contributed by atoms with E-state index in [1.54, 1.807) is 4.90 Å². The first-order chi connectivity index (χ1) is 8.69. The number of aliphatic hydroxyl groups is 1. The van der Waals surface area contributed by atoms with Gasteiger partial charge < -0.3 is 19.6 Å². The van der Waals surface area contributed by atoms with Gasteiger partial charge in [0.25, 0.3) is 0 Å². The second-order valence-corrected chi connectivity index (χ2v) is 6.34. The Morgan fingerprint density at radius 3 is 2.26 bits per heavy atom. The molecule has 1 heterocycles. The average Bonchev–Trinajstić information content (AvgIpc) is 2.24. The second-order valence-electron chi connectivity index (χ2n) is 6.34. The van der Waals surface area contributed by atoms with Crippen LogP contribution in [-0.4, -0.2) is 64.9 Å². The first kappa shape index (κ1) is 16.2. The number of ether oxygens (including phenoxy) is 1. The predicted molar refractivity (Wildman–Crippen MR) is 75.2 cm³/mol. The van der Waals surface area contributed by atoms with Crippen molar-refractivity contribution in [3.05, 3.63) is 0 Å². The van der Waals surface area contributed by atoms with Gasteiger partial charge in [0.2, 0.25) is 0 Å². The van der Waals surface area contributed by atoms with Crippen LogP contribution < -0.4 is 0 Å². The van der Waals surface area contributed by atoms with Crippen molar-refractivity contribution in [1.29, 1.82) is 0 Å². The molecule has 0 atom stereocenters. The molecule has 0 saturated carbocycles. The third-order valence-corrected chi connectivity index (χ3v) is 3.41. The fourth-order valence-electron chi connectivity index (χ4n) is 2.18. The Balaban J connectivity index is 2.33. The van der Waals surface area contributed by atoms with E-state index in [0.717, 1.165) is 19.6 Å². The molecule has 5 nitrogen and oxygen atoms in total. The van der Waals surface area contributed by atoms with Crippen LogP contribution in [0.25, 0.3) is 0 Å². The molecule has 0 unspecified atom stereocenters. The van der Waals surface area contributed by atoms with Gasteiger partial charge in [0.15, 0.2) is 0 Å². The second kappa shape index (κ2) is 6.09. The van der Waals surface area contributed by atoms with E-state index in [-0.39, 0.29) is 6.09 Å². The van der Waals surface area contributed by atoms with E-state index >= 15 is 0 Å². The Morgan fingerprint density at radius 1 is 1.32 bits per heavy atom. The van der Waals surface area contributed by atoms with Gasteiger partial charge in [-0.3, -0.25) is 0 Å². The number of rotatable bonds is 5. The monoisotopic (exact) mass is 272 g/mol. The van der Waals surface area contributed by atoms with Crippen LogP contribution in [0.1, 0.15) is 41.0 Å². The maximum absolute atomic E-state index is 11.8. The number of likely N-dealkylation sites (tertiary alicyclic amines) is 1. The summed E-state index contributed by atoms with van der Waals surface area (Å²) in [6.07, 6.45) is 0.369. The summed E-state index contributed by atoms with van der Waals surface area (Å²) in [5.74, 6) is 0. The van der Waals surface area contributed by atoms with E-state index in [2.05, 4.69) is 18.7 Å². The highest BCUT2D eigenvalue weighted by molar-refractivity contribution is 5.69. The fourth-order valence-corrected chi connectivity index (χ4v) is 2.18. The van der Waals surface area contributed by atoms with Gasteiger partial charge in [-0.1, -0.05) is 13.8 Å². The molecule has 0 aromatic heterocycles. The minimum absolute atomic E-state index is 0.333. The van der Waals surface area contributed by atoms with Crippen molar-refractivity contribution in [2.75, 3.05) is 32.7 Å². The number of hydrogen-bond donors (Lipinski definition) is 1. The Bertz CT molecular complexity index is 302. The fraction of sp³-hybridized carbons (Fsp3) is 0.929. The van der Waals surface area contributed by atoms with Crippen LogP contribution in [0.2, 0.25) is 0 Å². The van der Waals surface area contributed by atoms with E-state index in [4.69, 9.17) is 4.74 Å². The van der Waals surface area contributed by atoms with Crippen LogP contribution in [0.4, 0.5) is 4.79 Å². The van der Waals surface area contributed by atoms with Crippen molar-refractivity contribution in [2.24, 2.45) is 0 Å². The van der Waals surface area contributed by atoms with Crippen LogP contribution >= 0.6 is 0 Å². The molecule has 1 aliphatic rings. The van der Waals surface area contributed by atoms with Crippen molar-refractivity contribution < 1.29 is 14.6 Å². The van der Waals surface area contributed by atoms with E-state index < -0.39 is 11.2 Å². The van der Waals surface area contributed by atoms with Gasteiger partial charge >= 0.3 is 6.09 Å². The van der Waals surface area contributed by atoms with Crippen LogP contribution in [-0.2, 0) is 4.74 Å². The van der Waals surface area contributed by atoms with E-state index in [1.807, 2.05) is 20.8 Å². The number of β-amino-alcohol motifs (C(OH)–C–C–N with tert-alkyl or cyclic N) is 1. The number of hydrogen-bond acceptors (Lipinski definition) is 4. The molecule has 1 amide bonds. The third kappa shape index (κ3) is 4.99. The van der Waals surface area contributed by atoms with E-state index in [1.165, 1.54) is 0 Å². The summed E-state index contributed by atoms with van der Waals surface area (Å²) in [6, 6.07) is 0. The molecule has 0 bridgehead atoms. The first-order valence-electron chi connectivity index (χ1n) is 7.12. The molecule has 1 rings (SSSR count). The Labute approximate surface area is 116 Å². The molecule has 0 aromatic carbocycles. The lowest BCUT2D eigenvalue weighted by Crippen LogP contribution is -2.64. The lowest BCUT2D eigenvalue weighted by Gasteiger charge is -2.47. The summed E-state index contributed by atoms with van der Waals surface area (Å²) in [6.45, 7) is 13.4. The van der Waals surface area contributed by atoms with Gasteiger partial charge in [-0.25, -0.2) is 4.79 Å². The average molecular weight is 272 g/mol. The number of amides is 1. The molecule has 112 valence electrons. The van der Waals surface area contributed by atoms with Crippen LogP contribution in [0.3, 0.4) is 0 Å². The normalized spacial score (nSPS) is 18.4. The quantitative estimate of drug-likeness (QED) is 0.827. The van der Waals surface area contributed by atoms with E-state index in [9.17, 15) is 9.90 Å². The molecule has 0 aliphatic carbocycles. The number of carbonyl (C=O) groups is 1. The molecule has 5 heteroatoms. The smallest absolute Gasteiger partial charge is 0.410 e. The molecule has 1 N–H and O–H groups in total. The van der Waals surface area contributed by atoms with Gasteiger partial charge in [0.1, 0.15) is 11.2 Å². The molecule has 0 radical (unpaired) electrons. The highest BCUT2D eigenvalue weighted by Gasteiger charge is 2.44. The van der Waals surface area contributed by atoms with Gasteiger partial charge in [-0.2, -0.15) is 0 Å². The maximum atomic E-state index is 11.8. The SMILES string of the molecule is CCN(CC)CCC1(O)CN(C(=O)OC(C)(C)C)C1. The minimum Gasteiger partial charge on any atom is -0.444 e. The molecular weight excluding hydrogens is 244 g/mol. The van der Waals surface area contributed by atoms with Crippen molar-refractivity contribution in [2.45, 2.75) is 52.2 Å². The number of nitrogens with zero attached hydrogens (tertiary/aromatic N) is 2. The zero-order chi connectivity index (χ0) is 14.7. The first-order valence-corrected chi connectivity index (χ1v) is 7.12. The third-order valence-electron chi connectivity index (χ3n) is 3.41. The van der Waals surface area contributed by atoms with Gasteiger partial charge in [-0.05, 0) is 40.3 Å². The Kier molecular flexibility index (Phi) is 5.21. The summed E-state index contributed by atoms with van der Waals surface area (Å²) in [5, 5.41) is 10.3. The molecule has 0 aromatic rings. The highest BCUT2D eigenvalue weighted by Crippen LogP contribution is 2.26. The summed E-state index contributed by atoms with van der Waals surface area (Å²) >= 11 is 0. The Hall–Kier alpha value is -0.810. The topological polar surface area (TPSA) is 53.0 Å². The van der Waals surface area contributed by atoms with Gasteiger partial charge in [0.05, 0.1) is 13.1 Å². The summed E-state index contributed by atoms with van der Waals surface area (Å²) in [5.41, 5.74) is -1.22. The van der Waals surface area contributed by atoms with Crippen molar-refractivity contribution in [3.8, 4) is 0 Å². The van der Waals surface area contributed by atoms with Crippen molar-refractivity contribution in [3.63, 3.8) is 0 Å². The van der Waals surface area contributed by atoms with E-state index in [0.29, 0.717) is 19.5 Å². The lowest BCUT2D eigenvalue weighted by atomic mass is 9.90. The minimum atomic E-state index is -0.737. The lowest BCUT2D eigenvalue weighted by molar-refractivity contribution is -0.105. The van der Waals surface area contributed by atoms with Gasteiger partial charge in [-0.15, -0.1) is 0 Å². The van der Waals surface area contributed by atoms with Gasteiger partial charge in [0, 0.05) is 6.54 Å². The van der Waals surface area contributed by atoms with Crippen molar-refractivity contribution >= 4 is 6.09 Å². The Morgan fingerprint density at radius 2 is 1.84 bits per heavy atom. The molecule has 19 heavy (non-hydrogen) atoms. The number of carbonyl (C=O) groups excluding carboxylic acids is 1. The summed E-state index contributed by atoms with van der Waals surface area (Å²) in [4.78, 5) is 15.6. The largest absolute Gasteiger partial charge is 0.444 e. The molecular formula is C14H28N2O3. The van der Waals surface area contributed by atoms with Crippen molar-refractivity contribution in [1.82, 2.24) is 9.80 Å². The van der Waals surface area contributed by atoms with Crippen LogP contribution in [0.15, 0.2) is 0 Å². The molecule has 0 spiro atoms.